The number of benzene rings is 1. The van der Waals surface area contributed by atoms with Gasteiger partial charge in [0, 0.05) is 13.6 Å². The van der Waals surface area contributed by atoms with Crippen LogP contribution in [0.15, 0.2) is 36.7 Å². The molecule has 0 radical (unpaired) electrons. The summed E-state index contributed by atoms with van der Waals surface area (Å²) in [5.41, 5.74) is 0.636. The lowest BCUT2D eigenvalue weighted by molar-refractivity contribution is -0.383. The largest absolute Gasteiger partial charge is 0.353 e. The summed E-state index contributed by atoms with van der Waals surface area (Å²) in [5, 5.41) is 29.4. The maximum absolute atomic E-state index is 11.6. The molecular weight excluding hydrogens is 322 g/mol. The Bertz CT molecular complexity index is 811. The van der Waals surface area contributed by atoms with Crippen molar-refractivity contribution in [1.82, 2.24) is 9.97 Å². The molecule has 0 aliphatic heterocycles. The summed E-state index contributed by atoms with van der Waals surface area (Å²) in [5.74, 6) is 0.0812. The topological polar surface area (TPSA) is 123 Å². The molecule has 25 heavy (non-hydrogen) atoms. The molecule has 1 heterocycles. The average molecular weight is 337 g/mol. The minimum Gasteiger partial charge on any atom is -0.349 e. The van der Waals surface area contributed by atoms with E-state index in [1.54, 1.807) is 11.9 Å². The second-order valence-electron chi connectivity index (χ2n) is 5.14. The highest BCUT2D eigenvalue weighted by molar-refractivity contribution is 5.71. The quantitative estimate of drug-likeness (QED) is 0.426. The Morgan fingerprint density at radius 2 is 1.72 bits per heavy atom. The van der Waals surface area contributed by atoms with Crippen molar-refractivity contribution in [3.8, 4) is 12.1 Å². The zero-order chi connectivity index (χ0) is 18.2. The number of nitro groups is 1. The van der Waals surface area contributed by atoms with E-state index in [1.165, 1.54) is 11.2 Å². The van der Waals surface area contributed by atoms with Crippen LogP contribution >= 0.6 is 0 Å². The summed E-state index contributed by atoms with van der Waals surface area (Å²) in [6, 6.07) is 13.2. The van der Waals surface area contributed by atoms with Gasteiger partial charge in [-0.3, -0.25) is 10.1 Å². The van der Waals surface area contributed by atoms with E-state index in [9.17, 15) is 10.1 Å². The predicted molar refractivity (Wildman–Crippen MR) is 90.7 cm³/mol. The second-order valence-corrected chi connectivity index (χ2v) is 5.14. The van der Waals surface area contributed by atoms with E-state index < -0.39 is 4.92 Å². The fraction of sp³-hybridized carbons (Fsp3) is 0.250. The average Bonchev–Trinajstić information content (AvgIpc) is 2.61. The van der Waals surface area contributed by atoms with Crippen LogP contribution in [0.25, 0.3) is 0 Å². The third-order valence-corrected chi connectivity index (χ3v) is 3.41. The monoisotopic (exact) mass is 337 g/mol. The number of nitriles is 2. The lowest BCUT2D eigenvalue weighted by Gasteiger charge is -2.21. The molecule has 0 bridgehead atoms. The zero-order valence-electron chi connectivity index (χ0n) is 13.5. The fourth-order valence-electron chi connectivity index (χ4n) is 2.34. The Morgan fingerprint density at radius 1 is 1.12 bits per heavy atom. The van der Waals surface area contributed by atoms with Gasteiger partial charge in [0.05, 0.1) is 17.1 Å². The van der Waals surface area contributed by atoms with Gasteiger partial charge in [0.25, 0.3) is 0 Å². The summed E-state index contributed by atoms with van der Waals surface area (Å²) in [7, 11) is 1.69. The maximum atomic E-state index is 11.6. The smallest absolute Gasteiger partial charge is 0.349 e. The molecular formula is C16H15N7O2. The summed E-state index contributed by atoms with van der Waals surface area (Å²) in [6.45, 7) is 0.0368. The van der Waals surface area contributed by atoms with Crippen LogP contribution in [0.3, 0.4) is 0 Å². The first-order valence-corrected chi connectivity index (χ1v) is 7.31. The van der Waals surface area contributed by atoms with Crippen LogP contribution in [-0.4, -0.2) is 35.0 Å². The van der Waals surface area contributed by atoms with Gasteiger partial charge in [-0.2, -0.15) is 10.5 Å². The fourth-order valence-corrected chi connectivity index (χ4v) is 2.34. The minimum absolute atomic E-state index is 0.0435. The SMILES string of the molecule is CN(Cc1ccccc1)c1ncnc(N(CC#N)CC#N)c1[N+](=O)[O-]. The van der Waals surface area contributed by atoms with Gasteiger partial charge in [0.15, 0.2) is 0 Å². The molecule has 0 saturated carbocycles. The van der Waals surface area contributed by atoms with E-state index in [4.69, 9.17) is 10.5 Å². The van der Waals surface area contributed by atoms with Crippen LogP contribution in [0.1, 0.15) is 5.56 Å². The van der Waals surface area contributed by atoms with Gasteiger partial charge in [0.2, 0.25) is 11.6 Å². The van der Waals surface area contributed by atoms with Crippen LogP contribution in [0.4, 0.5) is 17.3 Å². The standard InChI is InChI=1S/C16H15N7O2/c1-21(11-13-5-3-2-4-6-13)15-14(23(24)25)16(20-12-19-15)22(9-7-17)10-8-18/h2-6,12H,9-11H2,1H3. The number of aromatic nitrogens is 2. The van der Waals surface area contributed by atoms with Crippen LogP contribution in [-0.2, 0) is 6.54 Å². The molecule has 9 nitrogen and oxygen atoms in total. The molecule has 0 aliphatic carbocycles. The van der Waals surface area contributed by atoms with Gasteiger partial charge in [0.1, 0.15) is 19.4 Å². The van der Waals surface area contributed by atoms with Crippen LogP contribution in [0.5, 0.6) is 0 Å². The van der Waals surface area contributed by atoms with Crippen molar-refractivity contribution in [3.63, 3.8) is 0 Å². The Morgan fingerprint density at radius 3 is 2.28 bits per heavy atom. The first-order chi connectivity index (χ1) is 12.1. The van der Waals surface area contributed by atoms with Crippen molar-refractivity contribution in [2.24, 2.45) is 0 Å². The number of hydrogen-bond acceptors (Lipinski definition) is 8. The van der Waals surface area contributed by atoms with Crippen LogP contribution in [0, 0.1) is 32.8 Å². The lowest BCUT2D eigenvalue weighted by atomic mass is 10.2. The van der Waals surface area contributed by atoms with Gasteiger partial charge in [-0.15, -0.1) is 0 Å². The number of nitrogens with zero attached hydrogens (tertiary/aromatic N) is 7. The van der Waals surface area contributed by atoms with Crippen molar-refractivity contribution in [2.75, 3.05) is 29.9 Å². The normalized spacial score (nSPS) is 9.72. The van der Waals surface area contributed by atoms with Crippen molar-refractivity contribution >= 4 is 17.3 Å². The van der Waals surface area contributed by atoms with E-state index in [-0.39, 0.29) is 30.4 Å². The first kappa shape index (κ1) is 17.6. The van der Waals surface area contributed by atoms with Gasteiger partial charge in [-0.05, 0) is 5.56 Å². The molecule has 0 N–H and O–H groups in total. The molecule has 1 aromatic heterocycles. The zero-order valence-corrected chi connectivity index (χ0v) is 13.5. The van der Waals surface area contributed by atoms with E-state index in [0.717, 1.165) is 5.56 Å². The van der Waals surface area contributed by atoms with Crippen molar-refractivity contribution < 1.29 is 4.92 Å². The molecule has 0 amide bonds. The van der Waals surface area contributed by atoms with E-state index >= 15 is 0 Å². The second kappa shape index (κ2) is 8.22. The molecule has 0 unspecified atom stereocenters. The molecule has 0 saturated heterocycles. The van der Waals surface area contributed by atoms with Crippen molar-refractivity contribution in [1.29, 1.82) is 10.5 Å². The number of anilines is 2. The summed E-state index contributed by atoms with van der Waals surface area (Å²) < 4.78 is 0. The van der Waals surface area contributed by atoms with Gasteiger partial charge >= 0.3 is 5.69 Å². The molecule has 0 aliphatic rings. The van der Waals surface area contributed by atoms with E-state index in [0.29, 0.717) is 6.54 Å². The highest BCUT2D eigenvalue weighted by Gasteiger charge is 2.29. The Labute approximate surface area is 144 Å². The van der Waals surface area contributed by atoms with Crippen LogP contribution < -0.4 is 9.80 Å². The molecule has 0 spiro atoms. The molecule has 0 fully saturated rings. The van der Waals surface area contributed by atoms with Gasteiger partial charge < -0.3 is 9.80 Å². The Balaban J connectivity index is 2.44. The van der Waals surface area contributed by atoms with Gasteiger partial charge in [-0.1, -0.05) is 30.3 Å². The summed E-state index contributed by atoms with van der Waals surface area (Å²) in [4.78, 5) is 21.9. The van der Waals surface area contributed by atoms with Crippen LogP contribution in [0.2, 0.25) is 0 Å². The van der Waals surface area contributed by atoms with E-state index in [1.807, 2.05) is 42.5 Å². The maximum Gasteiger partial charge on any atom is 0.353 e. The first-order valence-electron chi connectivity index (χ1n) is 7.31. The van der Waals surface area contributed by atoms with Gasteiger partial charge in [-0.25, -0.2) is 9.97 Å². The summed E-state index contributed by atoms with van der Waals surface area (Å²) >= 11 is 0. The van der Waals surface area contributed by atoms with Crippen molar-refractivity contribution in [3.05, 3.63) is 52.3 Å². The highest BCUT2D eigenvalue weighted by atomic mass is 16.6. The molecule has 9 heteroatoms. The Kier molecular flexibility index (Phi) is 5.80. The number of hydrogen-bond donors (Lipinski definition) is 0. The lowest BCUT2D eigenvalue weighted by Crippen LogP contribution is -2.27. The molecule has 2 rings (SSSR count). The van der Waals surface area contributed by atoms with E-state index in [2.05, 4.69) is 9.97 Å². The summed E-state index contributed by atoms with van der Waals surface area (Å²) in [6.07, 6.45) is 1.20. The van der Waals surface area contributed by atoms with Crippen molar-refractivity contribution in [2.45, 2.75) is 6.54 Å². The Hall–Kier alpha value is -3.72. The highest BCUT2D eigenvalue weighted by Crippen LogP contribution is 2.34. The molecule has 2 aromatic rings. The third kappa shape index (κ3) is 4.18. The predicted octanol–water partition coefficient (Wildman–Crippen LogP) is 1.87. The molecule has 1 aromatic carbocycles. The minimum atomic E-state index is -0.589. The molecule has 0 atom stereocenters. The third-order valence-electron chi connectivity index (χ3n) is 3.41. The molecule has 126 valence electrons. The number of rotatable bonds is 7.